The number of hydrazone groups is 1. The summed E-state index contributed by atoms with van der Waals surface area (Å²) in [5.41, 5.74) is 5.86. The van der Waals surface area contributed by atoms with E-state index in [-0.39, 0.29) is 5.69 Å². The van der Waals surface area contributed by atoms with Crippen molar-refractivity contribution in [3.8, 4) is 0 Å². The molecule has 0 bridgehead atoms. The third-order valence-corrected chi connectivity index (χ3v) is 4.58. The van der Waals surface area contributed by atoms with E-state index in [1.54, 1.807) is 6.21 Å². The lowest BCUT2D eigenvalue weighted by molar-refractivity contribution is -0.384. The quantitative estimate of drug-likeness (QED) is 0.344. The van der Waals surface area contributed by atoms with Crippen LogP contribution in [0, 0.1) is 10.1 Å². The van der Waals surface area contributed by atoms with Gasteiger partial charge in [0.2, 0.25) is 0 Å². The maximum atomic E-state index is 12.1. The Hall–Kier alpha value is -4.00. The molecule has 0 saturated carbocycles. The predicted molar refractivity (Wildman–Crippen MR) is 118 cm³/mol. The normalized spacial score (nSPS) is 10.7. The molecule has 152 valence electrons. The molecule has 0 radical (unpaired) electrons. The van der Waals surface area contributed by atoms with E-state index in [0.717, 1.165) is 24.3 Å². The Morgan fingerprint density at radius 1 is 1.03 bits per heavy atom. The third-order valence-electron chi connectivity index (χ3n) is 4.58. The molecule has 0 fully saturated rings. The van der Waals surface area contributed by atoms with Crippen molar-refractivity contribution in [3.63, 3.8) is 0 Å². The van der Waals surface area contributed by atoms with Crippen LogP contribution < -0.4 is 10.3 Å². The zero-order chi connectivity index (χ0) is 21.3. The topological polar surface area (TPSA) is 87.8 Å². The van der Waals surface area contributed by atoms with Gasteiger partial charge in [0.25, 0.3) is 11.6 Å². The number of nitro benzene ring substituents is 1. The van der Waals surface area contributed by atoms with Gasteiger partial charge < -0.3 is 4.90 Å². The molecule has 0 unspecified atom stereocenters. The molecule has 7 heteroatoms. The van der Waals surface area contributed by atoms with Gasteiger partial charge in [0, 0.05) is 36.5 Å². The molecule has 0 aliphatic rings. The molecule has 3 rings (SSSR count). The molecular formula is C23H22N4O3. The van der Waals surface area contributed by atoms with Gasteiger partial charge in [0.1, 0.15) is 0 Å². The Labute approximate surface area is 174 Å². The monoisotopic (exact) mass is 402 g/mol. The van der Waals surface area contributed by atoms with Gasteiger partial charge in [0.15, 0.2) is 0 Å². The summed E-state index contributed by atoms with van der Waals surface area (Å²) in [7, 11) is 0. The molecule has 1 N–H and O–H groups in total. The summed E-state index contributed by atoms with van der Waals surface area (Å²) >= 11 is 0. The van der Waals surface area contributed by atoms with Crippen molar-refractivity contribution >= 4 is 23.5 Å². The van der Waals surface area contributed by atoms with Crippen LogP contribution in [0.3, 0.4) is 0 Å². The fourth-order valence-electron chi connectivity index (χ4n) is 2.93. The summed E-state index contributed by atoms with van der Waals surface area (Å²) in [4.78, 5) is 24.5. The lowest BCUT2D eigenvalue weighted by Gasteiger charge is -2.23. The molecule has 0 atom stereocenters. The number of rotatable bonds is 8. The number of non-ortho nitro benzene ring substituents is 1. The molecule has 0 aliphatic carbocycles. The Bertz CT molecular complexity index is 1020. The number of nitrogens with one attached hydrogen (secondary N) is 1. The number of amides is 1. The van der Waals surface area contributed by atoms with E-state index >= 15 is 0 Å². The second-order valence-electron chi connectivity index (χ2n) is 6.59. The minimum absolute atomic E-state index is 0.0662. The van der Waals surface area contributed by atoms with Crippen molar-refractivity contribution in [2.45, 2.75) is 13.5 Å². The fraction of sp³-hybridized carbons (Fsp3) is 0.130. The van der Waals surface area contributed by atoms with Crippen molar-refractivity contribution in [3.05, 3.63) is 106 Å². The molecular weight excluding hydrogens is 380 g/mol. The van der Waals surface area contributed by atoms with Crippen LogP contribution in [-0.4, -0.2) is 23.6 Å². The number of hydrogen-bond acceptors (Lipinski definition) is 5. The third kappa shape index (κ3) is 5.51. The van der Waals surface area contributed by atoms with E-state index in [2.05, 4.69) is 34.5 Å². The Balaban J connectivity index is 1.58. The van der Waals surface area contributed by atoms with Gasteiger partial charge >= 0.3 is 0 Å². The average Bonchev–Trinajstić information content (AvgIpc) is 2.78. The number of carbonyl (C=O) groups excluding carboxylic acids is 1. The SMILES string of the molecule is CCN(Cc1ccccc1)c1ccc(/C=N/NC(=O)c2ccc([N+](=O)[O-])cc2)cc1. The van der Waals surface area contributed by atoms with Crippen molar-refractivity contribution < 1.29 is 9.72 Å². The minimum atomic E-state index is -0.511. The van der Waals surface area contributed by atoms with E-state index in [4.69, 9.17) is 0 Å². The number of nitro groups is 1. The molecule has 1 amide bonds. The van der Waals surface area contributed by atoms with E-state index in [1.807, 2.05) is 42.5 Å². The maximum Gasteiger partial charge on any atom is 0.271 e. The predicted octanol–water partition coefficient (Wildman–Crippen LogP) is 4.39. The molecule has 0 aliphatic heterocycles. The Morgan fingerprint density at radius 2 is 1.70 bits per heavy atom. The molecule has 0 spiro atoms. The van der Waals surface area contributed by atoms with Crippen LogP contribution in [0.2, 0.25) is 0 Å². The maximum absolute atomic E-state index is 12.1. The first kappa shape index (κ1) is 20.7. The zero-order valence-electron chi connectivity index (χ0n) is 16.6. The highest BCUT2D eigenvalue weighted by molar-refractivity contribution is 5.95. The smallest absolute Gasteiger partial charge is 0.271 e. The van der Waals surface area contributed by atoms with Gasteiger partial charge in [-0.3, -0.25) is 14.9 Å². The largest absolute Gasteiger partial charge is 0.367 e. The van der Waals surface area contributed by atoms with Crippen LogP contribution >= 0.6 is 0 Å². The van der Waals surface area contributed by atoms with Gasteiger partial charge in [-0.2, -0.15) is 5.10 Å². The average molecular weight is 402 g/mol. The summed E-state index contributed by atoms with van der Waals surface area (Å²) in [5.74, 6) is -0.433. The van der Waals surface area contributed by atoms with Gasteiger partial charge in [-0.1, -0.05) is 42.5 Å². The Morgan fingerprint density at radius 3 is 2.30 bits per heavy atom. The summed E-state index contributed by atoms with van der Waals surface area (Å²) in [6, 6.07) is 23.6. The number of hydrogen-bond donors (Lipinski definition) is 1. The molecule has 7 nitrogen and oxygen atoms in total. The van der Waals surface area contributed by atoms with Gasteiger partial charge in [-0.05, 0) is 42.3 Å². The highest BCUT2D eigenvalue weighted by Gasteiger charge is 2.09. The highest BCUT2D eigenvalue weighted by atomic mass is 16.6. The number of nitrogens with zero attached hydrogens (tertiary/aromatic N) is 3. The summed E-state index contributed by atoms with van der Waals surface area (Å²) in [6.07, 6.45) is 1.56. The van der Waals surface area contributed by atoms with Crippen molar-refractivity contribution in [2.75, 3.05) is 11.4 Å². The minimum Gasteiger partial charge on any atom is -0.367 e. The first-order chi connectivity index (χ1) is 14.6. The van der Waals surface area contributed by atoms with Crippen LogP contribution in [0.1, 0.15) is 28.4 Å². The number of anilines is 1. The van der Waals surface area contributed by atoms with Crippen LogP contribution in [0.4, 0.5) is 11.4 Å². The standard InChI is InChI=1S/C23H22N4O3/c1-2-26(17-19-6-4-3-5-7-19)21-12-8-18(9-13-21)16-24-25-23(28)20-10-14-22(15-11-20)27(29)30/h3-16H,2,17H2,1H3,(H,25,28)/b24-16+. The fourth-order valence-corrected chi connectivity index (χ4v) is 2.93. The van der Waals surface area contributed by atoms with Crippen LogP contribution in [-0.2, 0) is 6.54 Å². The Kier molecular flexibility index (Phi) is 6.89. The van der Waals surface area contributed by atoms with Crippen LogP contribution in [0.5, 0.6) is 0 Å². The first-order valence-corrected chi connectivity index (χ1v) is 9.53. The van der Waals surface area contributed by atoms with E-state index in [1.165, 1.54) is 29.8 Å². The van der Waals surface area contributed by atoms with Crippen LogP contribution in [0.15, 0.2) is 84.0 Å². The second-order valence-corrected chi connectivity index (χ2v) is 6.59. The van der Waals surface area contributed by atoms with Gasteiger partial charge in [-0.25, -0.2) is 5.43 Å². The molecule has 0 aromatic heterocycles. The lowest BCUT2D eigenvalue weighted by Crippen LogP contribution is -2.21. The first-order valence-electron chi connectivity index (χ1n) is 9.53. The van der Waals surface area contributed by atoms with E-state index in [9.17, 15) is 14.9 Å². The molecule has 3 aromatic rings. The van der Waals surface area contributed by atoms with Crippen molar-refractivity contribution in [2.24, 2.45) is 5.10 Å². The number of carbonyl (C=O) groups is 1. The number of benzene rings is 3. The molecule has 0 saturated heterocycles. The molecule has 30 heavy (non-hydrogen) atoms. The lowest BCUT2D eigenvalue weighted by atomic mass is 10.1. The van der Waals surface area contributed by atoms with E-state index in [0.29, 0.717) is 5.56 Å². The van der Waals surface area contributed by atoms with Crippen molar-refractivity contribution in [1.29, 1.82) is 0 Å². The summed E-state index contributed by atoms with van der Waals surface area (Å²) in [6.45, 7) is 3.83. The zero-order valence-corrected chi connectivity index (χ0v) is 16.6. The van der Waals surface area contributed by atoms with E-state index < -0.39 is 10.8 Å². The highest BCUT2D eigenvalue weighted by Crippen LogP contribution is 2.17. The summed E-state index contributed by atoms with van der Waals surface area (Å²) < 4.78 is 0. The molecule has 0 heterocycles. The van der Waals surface area contributed by atoms with Crippen molar-refractivity contribution in [1.82, 2.24) is 5.43 Å². The molecule has 3 aromatic carbocycles. The van der Waals surface area contributed by atoms with Gasteiger partial charge in [-0.15, -0.1) is 0 Å². The van der Waals surface area contributed by atoms with Crippen LogP contribution in [0.25, 0.3) is 0 Å². The van der Waals surface area contributed by atoms with Gasteiger partial charge in [0.05, 0.1) is 11.1 Å². The second kappa shape index (κ2) is 9.97. The summed E-state index contributed by atoms with van der Waals surface area (Å²) in [5, 5.41) is 14.6.